The van der Waals surface area contributed by atoms with E-state index in [1.165, 1.54) is 5.56 Å². The van der Waals surface area contributed by atoms with Crippen molar-refractivity contribution in [2.75, 3.05) is 0 Å². The zero-order chi connectivity index (χ0) is 13.7. The minimum Gasteiger partial charge on any atom is -0.267 e. The monoisotopic (exact) mass is 316 g/mol. The minimum absolute atomic E-state index is 0.240. The van der Waals surface area contributed by atoms with Crippen LogP contribution in [0.1, 0.15) is 21.5 Å². The van der Waals surface area contributed by atoms with Crippen LogP contribution in [0.2, 0.25) is 0 Å². The lowest BCUT2D eigenvalue weighted by Crippen LogP contribution is -2.18. The Labute approximate surface area is 120 Å². The van der Waals surface area contributed by atoms with Crippen LogP contribution in [0.25, 0.3) is 0 Å². The van der Waals surface area contributed by atoms with Crippen molar-refractivity contribution in [1.82, 2.24) is 5.43 Å². The first kappa shape index (κ1) is 13.5. The topological polar surface area (TPSA) is 41.5 Å². The number of carbonyl (C=O) groups is 1. The smallest absolute Gasteiger partial charge is 0.267 e. The molecule has 0 saturated heterocycles. The van der Waals surface area contributed by atoms with Gasteiger partial charge in [0.1, 0.15) is 0 Å². The molecule has 0 aliphatic rings. The third-order valence-electron chi connectivity index (χ3n) is 2.58. The van der Waals surface area contributed by atoms with Gasteiger partial charge in [0.15, 0.2) is 0 Å². The highest BCUT2D eigenvalue weighted by atomic mass is 79.9. The van der Waals surface area contributed by atoms with Crippen molar-refractivity contribution in [2.24, 2.45) is 5.10 Å². The molecule has 1 amide bonds. The number of carbonyl (C=O) groups excluding carboxylic acids is 1. The SMILES string of the molecule is Cc1ccc(/C=N/NC(=O)c2ccccc2Br)cc1. The summed E-state index contributed by atoms with van der Waals surface area (Å²) in [4.78, 5) is 11.9. The van der Waals surface area contributed by atoms with Gasteiger partial charge in [0, 0.05) is 4.47 Å². The van der Waals surface area contributed by atoms with Gasteiger partial charge < -0.3 is 0 Å². The van der Waals surface area contributed by atoms with Crippen LogP contribution in [-0.2, 0) is 0 Å². The second-order valence-electron chi connectivity index (χ2n) is 4.09. The molecule has 4 heteroatoms. The lowest BCUT2D eigenvalue weighted by atomic mass is 10.2. The lowest BCUT2D eigenvalue weighted by Gasteiger charge is -2.01. The van der Waals surface area contributed by atoms with Gasteiger partial charge in [-0.15, -0.1) is 0 Å². The summed E-state index contributed by atoms with van der Waals surface area (Å²) in [6.07, 6.45) is 1.62. The van der Waals surface area contributed by atoms with Crippen LogP contribution < -0.4 is 5.43 Å². The van der Waals surface area contributed by atoms with Gasteiger partial charge in [0.05, 0.1) is 11.8 Å². The van der Waals surface area contributed by atoms with Crippen molar-refractivity contribution >= 4 is 28.1 Å². The van der Waals surface area contributed by atoms with Crippen LogP contribution in [0.3, 0.4) is 0 Å². The van der Waals surface area contributed by atoms with Crippen LogP contribution in [0, 0.1) is 6.92 Å². The van der Waals surface area contributed by atoms with E-state index in [4.69, 9.17) is 0 Å². The number of benzene rings is 2. The van der Waals surface area contributed by atoms with Crippen molar-refractivity contribution in [3.63, 3.8) is 0 Å². The maximum absolute atomic E-state index is 11.9. The number of hydrazone groups is 1. The molecule has 0 aliphatic heterocycles. The molecule has 0 fully saturated rings. The van der Waals surface area contributed by atoms with Gasteiger partial charge in [-0.25, -0.2) is 5.43 Å². The standard InChI is InChI=1S/C15H13BrN2O/c1-11-6-8-12(9-7-11)10-17-18-15(19)13-4-2-3-5-14(13)16/h2-10H,1H3,(H,18,19)/b17-10+. The van der Waals surface area contributed by atoms with Gasteiger partial charge in [0.25, 0.3) is 5.91 Å². The molecule has 0 atom stereocenters. The minimum atomic E-state index is -0.240. The van der Waals surface area contributed by atoms with Crippen molar-refractivity contribution in [2.45, 2.75) is 6.92 Å². The van der Waals surface area contributed by atoms with Crippen molar-refractivity contribution < 1.29 is 4.79 Å². The molecule has 0 aromatic heterocycles. The van der Waals surface area contributed by atoms with Gasteiger partial charge in [0.2, 0.25) is 0 Å². The van der Waals surface area contributed by atoms with E-state index in [0.717, 1.165) is 10.0 Å². The fraction of sp³-hybridized carbons (Fsp3) is 0.0667. The number of hydrogen-bond acceptors (Lipinski definition) is 2. The van der Waals surface area contributed by atoms with E-state index in [0.29, 0.717) is 5.56 Å². The summed E-state index contributed by atoms with van der Waals surface area (Å²) in [5, 5.41) is 3.94. The molecule has 0 aliphatic carbocycles. The zero-order valence-corrected chi connectivity index (χ0v) is 12.0. The van der Waals surface area contributed by atoms with E-state index >= 15 is 0 Å². The summed E-state index contributed by atoms with van der Waals surface area (Å²) in [5.74, 6) is -0.240. The van der Waals surface area contributed by atoms with Gasteiger partial charge in [-0.05, 0) is 40.5 Å². The predicted octanol–water partition coefficient (Wildman–Crippen LogP) is 3.52. The largest absolute Gasteiger partial charge is 0.272 e. The molecular weight excluding hydrogens is 304 g/mol. The molecule has 19 heavy (non-hydrogen) atoms. The second-order valence-corrected chi connectivity index (χ2v) is 4.94. The number of nitrogens with one attached hydrogen (secondary N) is 1. The number of aryl methyl sites for hydroxylation is 1. The molecule has 2 rings (SSSR count). The third kappa shape index (κ3) is 3.76. The predicted molar refractivity (Wildman–Crippen MR) is 80.4 cm³/mol. The van der Waals surface area contributed by atoms with Crippen LogP contribution in [-0.4, -0.2) is 12.1 Å². The van der Waals surface area contributed by atoms with E-state index < -0.39 is 0 Å². The van der Waals surface area contributed by atoms with Crippen molar-refractivity contribution in [1.29, 1.82) is 0 Å². The highest BCUT2D eigenvalue weighted by molar-refractivity contribution is 9.10. The molecular formula is C15H13BrN2O. The van der Waals surface area contributed by atoms with Crippen LogP contribution in [0.4, 0.5) is 0 Å². The molecule has 0 radical (unpaired) electrons. The number of hydrogen-bond donors (Lipinski definition) is 1. The molecule has 2 aromatic carbocycles. The molecule has 0 spiro atoms. The maximum atomic E-state index is 11.9. The Morgan fingerprint density at radius 3 is 2.53 bits per heavy atom. The number of rotatable bonds is 3. The Hall–Kier alpha value is -1.94. The van der Waals surface area contributed by atoms with Crippen LogP contribution >= 0.6 is 15.9 Å². The van der Waals surface area contributed by atoms with Gasteiger partial charge in [-0.3, -0.25) is 4.79 Å². The summed E-state index contributed by atoms with van der Waals surface area (Å²) in [6, 6.07) is 15.1. The molecule has 0 saturated carbocycles. The first-order chi connectivity index (χ1) is 9.16. The zero-order valence-electron chi connectivity index (χ0n) is 10.4. The average Bonchev–Trinajstić information content (AvgIpc) is 2.41. The summed E-state index contributed by atoms with van der Waals surface area (Å²) < 4.78 is 0.748. The second kappa shape index (κ2) is 6.29. The third-order valence-corrected chi connectivity index (χ3v) is 3.27. The van der Waals surface area contributed by atoms with E-state index in [2.05, 4.69) is 26.5 Å². The van der Waals surface area contributed by atoms with Crippen molar-refractivity contribution in [3.05, 3.63) is 69.7 Å². The van der Waals surface area contributed by atoms with Crippen molar-refractivity contribution in [3.8, 4) is 0 Å². The molecule has 0 bridgehead atoms. The normalized spacial score (nSPS) is 10.6. The molecule has 3 nitrogen and oxygen atoms in total. The van der Waals surface area contributed by atoms with E-state index in [-0.39, 0.29) is 5.91 Å². The fourth-order valence-corrected chi connectivity index (χ4v) is 1.99. The molecule has 1 N–H and O–H groups in total. The maximum Gasteiger partial charge on any atom is 0.272 e. The Morgan fingerprint density at radius 1 is 1.16 bits per heavy atom. The van der Waals surface area contributed by atoms with Crippen LogP contribution in [0.5, 0.6) is 0 Å². The quantitative estimate of drug-likeness (QED) is 0.683. The Morgan fingerprint density at radius 2 is 1.84 bits per heavy atom. The first-order valence-corrected chi connectivity index (χ1v) is 6.61. The van der Waals surface area contributed by atoms with Gasteiger partial charge in [-0.1, -0.05) is 42.0 Å². The summed E-state index contributed by atoms with van der Waals surface area (Å²) >= 11 is 3.33. The Bertz CT molecular complexity index is 606. The van der Waals surface area contributed by atoms with E-state index in [1.54, 1.807) is 12.3 Å². The molecule has 0 heterocycles. The molecule has 96 valence electrons. The summed E-state index contributed by atoms with van der Waals surface area (Å²) in [7, 11) is 0. The average molecular weight is 317 g/mol. The Kier molecular flexibility index (Phi) is 4.47. The summed E-state index contributed by atoms with van der Waals surface area (Å²) in [6.45, 7) is 2.02. The molecule has 2 aromatic rings. The van der Waals surface area contributed by atoms with Gasteiger partial charge in [-0.2, -0.15) is 5.10 Å². The van der Waals surface area contributed by atoms with E-state index in [1.807, 2.05) is 49.4 Å². The van der Waals surface area contributed by atoms with Crippen LogP contribution in [0.15, 0.2) is 58.1 Å². The number of halogens is 1. The first-order valence-electron chi connectivity index (χ1n) is 5.81. The highest BCUT2D eigenvalue weighted by Crippen LogP contribution is 2.15. The summed E-state index contributed by atoms with van der Waals surface area (Å²) in [5.41, 5.74) is 5.19. The molecule has 0 unspecified atom stereocenters. The Balaban J connectivity index is 2.01. The highest BCUT2D eigenvalue weighted by Gasteiger charge is 2.07. The lowest BCUT2D eigenvalue weighted by molar-refractivity contribution is 0.0954. The number of amides is 1. The van der Waals surface area contributed by atoms with Gasteiger partial charge >= 0.3 is 0 Å². The number of nitrogens with zero attached hydrogens (tertiary/aromatic N) is 1. The van der Waals surface area contributed by atoms with E-state index in [9.17, 15) is 4.79 Å². The fourth-order valence-electron chi connectivity index (χ4n) is 1.52.